The Morgan fingerprint density at radius 1 is 1.11 bits per heavy atom. The number of benzene rings is 2. The van der Waals surface area contributed by atoms with Crippen LogP contribution in [-0.4, -0.2) is 58.7 Å². The summed E-state index contributed by atoms with van der Waals surface area (Å²) in [6.07, 6.45) is 2.26. The minimum Gasteiger partial charge on any atom is -0.494 e. The van der Waals surface area contributed by atoms with Crippen LogP contribution in [0, 0.1) is 0 Å². The van der Waals surface area contributed by atoms with Crippen LogP contribution in [0.15, 0.2) is 48.7 Å². The zero-order valence-electron chi connectivity index (χ0n) is 19.8. The van der Waals surface area contributed by atoms with Crippen LogP contribution < -0.4 is 16.0 Å². The van der Waals surface area contributed by atoms with Gasteiger partial charge in [-0.3, -0.25) is 19.8 Å². The van der Waals surface area contributed by atoms with E-state index in [1.54, 1.807) is 12.3 Å². The maximum absolute atomic E-state index is 12.5. The van der Waals surface area contributed by atoms with Gasteiger partial charge in [0.05, 0.1) is 13.2 Å². The van der Waals surface area contributed by atoms with Gasteiger partial charge in [0.25, 0.3) is 0 Å². The van der Waals surface area contributed by atoms with E-state index < -0.39 is 11.9 Å². The van der Waals surface area contributed by atoms with E-state index in [1.807, 2.05) is 36.4 Å². The summed E-state index contributed by atoms with van der Waals surface area (Å²) < 4.78 is 6.90. The molecule has 3 aromatic rings. The Morgan fingerprint density at radius 2 is 1.94 bits per heavy atom. The Morgan fingerprint density at radius 3 is 2.75 bits per heavy atom. The van der Waals surface area contributed by atoms with Crippen molar-refractivity contribution in [3.8, 4) is 5.88 Å². The number of nitrogens with one attached hydrogen (secondary N) is 3. The van der Waals surface area contributed by atoms with Gasteiger partial charge in [-0.2, -0.15) is 0 Å². The minimum absolute atomic E-state index is 0.0197. The van der Waals surface area contributed by atoms with Gasteiger partial charge in [-0.05, 0) is 41.8 Å². The molecule has 36 heavy (non-hydrogen) atoms. The van der Waals surface area contributed by atoms with Crippen LogP contribution in [0.3, 0.4) is 0 Å². The highest BCUT2D eigenvalue weighted by Gasteiger charge is 2.30. The highest BCUT2D eigenvalue weighted by atomic mass is 16.5. The van der Waals surface area contributed by atoms with E-state index >= 15 is 0 Å². The van der Waals surface area contributed by atoms with Crippen molar-refractivity contribution in [1.82, 2.24) is 20.1 Å². The minimum atomic E-state index is -0.638. The van der Waals surface area contributed by atoms with Gasteiger partial charge in [0.1, 0.15) is 6.04 Å². The van der Waals surface area contributed by atoms with E-state index in [0.717, 1.165) is 55.0 Å². The fourth-order valence-electron chi connectivity index (χ4n) is 4.69. The van der Waals surface area contributed by atoms with Crippen molar-refractivity contribution in [1.29, 1.82) is 0 Å². The van der Waals surface area contributed by atoms with Gasteiger partial charge in [0.15, 0.2) is 5.88 Å². The molecule has 4 N–H and O–H groups in total. The van der Waals surface area contributed by atoms with Gasteiger partial charge < -0.3 is 25.0 Å². The molecule has 0 bridgehead atoms. The van der Waals surface area contributed by atoms with Gasteiger partial charge in [0, 0.05) is 55.3 Å². The van der Waals surface area contributed by atoms with E-state index in [2.05, 4.69) is 20.9 Å². The Balaban J connectivity index is 1.20. The largest absolute Gasteiger partial charge is 0.494 e. The Hall–Kier alpha value is -3.89. The fraction of sp³-hybridized carbons (Fsp3) is 0.346. The second-order valence-electron chi connectivity index (χ2n) is 9.15. The number of carbonyl (C=O) groups is 3. The summed E-state index contributed by atoms with van der Waals surface area (Å²) in [7, 11) is 0. The molecule has 10 nitrogen and oxygen atoms in total. The maximum atomic E-state index is 12.5. The first-order chi connectivity index (χ1) is 17.5. The van der Waals surface area contributed by atoms with Crippen LogP contribution in [0.25, 0.3) is 10.8 Å². The second kappa shape index (κ2) is 10.4. The number of fused-ring (bicyclic) bond motifs is 1. The van der Waals surface area contributed by atoms with Crippen molar-refractivity contribution in [2.24, 2.45) is 0 Å². The molecule has 4 amide bonds. The molecule has 10 heteroatoms. The number of amides is 4. The lowest BCUT2D eigenvalue weighted by molar-refractivity contribution is -0.135. The van der Waals surface area contributed by atoms with Crippen molar-refractivity contribution in [3.63, 3.8) is 0 Å². The van der Waals surface area contributed by atoms with Crippen LogP contribution in [0.1, 0.15) is 30.0 Å². The van der Waals surface area contributed by atoms with Crippen LogP contribution in [0.2, 0.25) is 0 Å². The Labute approximate surface area is 208 Å². The topological polar surface area (TPSA) is 125 Å². The summed E-state index contributed by atoms with van der Waals surface area (Å²) in [5.74, 6) is -0.744. The van der Waals surface area contributed by atoms with Gasteiger partial charge in [-0.1, -0.05) is 18.2 Å². The highest BCUT2D eigenvalue weighted by Crippen LogP contribution is 2.33. The van der Waals surface area contributed by atoms with Crippen LogP contribution in [-0.2, 0) is 27.4 Å². The summed E-state index contributed by atoms with van der Waals surface area (Å²) in [5.41, 5.74) is 2.69. The van der Waals surface area contributed by atoms with Crippen molar-refractivity contribution >= 4 is 34.3 Å². The zero-order valence-corrected chi connectivity index (χ0v) is 19.8. The quantitative estimate of drug-likeness (QED) is 0.393. The van der Waals surface area contributed by atoms with E-state index in [0.29, 0.717) is 18.4 Å². The number of imide groups is 1. The van der Waals surface area contributed by atoms with Gasteiger partial charge >= 0.3 is 6.03 Å². The molecule has 2 fully saturated rings. The molecule has 2 aliphatic heterocycles. The van der Waals surface area contributed by atoms with Crippen molar-refractivity contribution < 1.29 is 24.2 Å². The first-order valence-corrected chi connectivity index (χ1v) is 12.1. The monoisotopic (exact) mass is 491 g/mol. The van der Waals surface area contributed by atoms with Crippen LogP contribution in [0.4, 0.5) is 10.5 Å². The van der Waals surface area contributed by atoms with Gasteiger partial charge in [0.2, 0.25) is 11.8 Å². The maximum Gasteiger partial charge on any atom is 0.319 e. The normalized spacial score (nSPS) is 18.7. The average Bonchev–Trinajstić information content (AvgIpc) is 3.19. The number of piperidine rings is 1. The van der Waals surface area contributed by atoms with E-state index in [-0.39, 0.29) is 24.2 Å². The Bertz CT molecular complexity index is 1300. The van der Waals surface area contributed by atoms with Crippen molar-refractivity contribution in [2.75, 3.05) is 31.6 Å². The summed E-state index contributed by atoms with van der Waals surface area (Å²) in [6.45, 7) is 4.39. The number of ether oxygens (including phenoxy) is 1. The number of morpholine rings is 1. The molecular formula is C26H29N5O5. The van der Waals surface area contributed by atoms with Crippen LogP contribution in [0.5, 0.6) is 5.88 Å². The summed E-state index contributed by atoms with van der Waals surface area (Å²) in [5, 5.41) is 20.0. The molecule has 2 aromatic carbocycles. The molecule has 188 valence electrons. The smallest absolute Gasteiger partial charge is 0.319 e. The van der Waals surface area contributed by atoms with Crippen LogP contribution >= 0.6 is 0 Å². The lowest BCUT2D eigenvalue weighted by atomic mass is 10.1. The third kappa shape index (κ3) is 5.34. The lowest BCUT2D eigenvalue weighted by Crippen LogP contribution is -2.41. The number of nitrogens with zero attached hydrogens (tertiary/aromatic N) is 2. The first kappa shape index (κ1) is 23.8. The van der Waals surface area contributed by atoms with E-state index in [9.17, 15) is 19.5 Å². The zero-order chi connectivity index (χ0) is 25.1. The lowest BCUT2D eigenvalue weighted by Gasteiger charge is -2.26. The predicted molar refractivity (Wildman–Crippen MR) is 133 cm³/mol. The highest BCUT2D eigenvalue weighted by molar-refractivity contribution is 6.00. The summed E-state index contributed by atoms with van der Waals surface area (Å²) in [4.78, 5) is 38.5. The third-order valence-corrected chi connectivity index (χ3v) is 6.57. The molecule has 0 saturated carbocycles. The number of rotatable bonds is 6. The SMILES string of the molecule is O=C1CCC(n2cc3cc(CNC(=O)Nc4cccc(CN5CCOCC5)c4)ccc3c2O)C(=O)N1. The molecule has 3 heterocycles. The predicted octanol–water partition coefficient (Wildman–Crippen LogP) is 2.48. The molecule has 1 aromatic heterocycles. The number of carbonyl (C=O) groups excluding carboxylic acids is 3. The molecule has 0 aliphatic carbocycles. The molecule has 1 atom stereocenters. The average molecular weight is 492 g/mol. The number of aromatic hydroxyl groups is 1. The molecule has 0 radical (unpaired) electrons. The molecular weight excluding hydrogens is 462 g/mol. The second-order valence-corrected chi connectivity index (χ2v) is 9.15. The Kier molecular flexibility index (Phi) is 6.88. The van der Waals surface area contributed by atoms with Gasteiger partial charge in [-0.25, -0.2) is 4.79 Å². The fourth-order valence-corrected chi connectivity index (χ4v) is 4.69. The molecule has 1 unspecified atom stereocenters. The number of anilines is 1. The van der Waals surface area contributed by atoms with E-state index in [1.165, 1.54) is 4.57 Å². The standard InChI is InChI=1S/C26H29N5O5/c32-23-7-6-22(24(33)29-23)31-16-19-12-17(4-5-21(19)25(31)34)14-27-26(35)28-20-3-1-2-18(13-20)15-30-8-10-36-11-9-30/h1-5,12-13,16,22,34H,6-11,14-15H2,(H2,27,28,35)(H,29,32,33). The van der Waals surface area contributed by atoms with Gasteiger partial charge in [-0.15, -0.1) is 0 Å². The van der Waals surface area contributed by atoms with E-state index in [4.69, 9.17) is 4.74 Å². The molecule has 5 rings (SSSR count). The molecule has 2 saturated heterocycles. The molecule has 0 spiro atoms. The first-order valence-electron chi connectivity index (χ1n) is 12.1. The third-order valence-electron chi connectivity index (χ3n) is 6.57. The number of hydrogen-bond donors (Lipinski definition) is 4. The summed E-state index contributed by atoms with van der Waals surface area (Å²) in [6, 6.07) is 12.3. The number of hydrogen-bond acceptors (Lipinski definition) is 6. The van der Waals surface area contributed by atoms with Crippen molar-refractivity contribution in [3.05, 3.63) is 59.8 Å². The number of urea groups is 1. The number of aromatic nitrogens is 1. The van der Waals surface area contributed by atoms with Crippen molar-refractivity contribution in [2.45, 2.75) is 32.0 Å². The molecule has 2 aliphatic rings. The summed E-state index contributed by atoms with van der Waals surface area (Å²) >= 11 is 0.